The molecular formula is C11H7ClFN3S. The van der Waals surface area contributed by atoms with Gasteiger partial charge in [-0.1, -0.05) is 22.9 Å². The molecule has 0 N–H and O–H groups in total. The molecule has 0 amide bonds. The van der Waals surface area contributed by atoms with Crippen LogP contribution in [-0.2, 0) is 0 Å². The normalized spacial score (nSPS) is 10.0. The molecule has 0 aliphatic carbocycles. The van der Waals surface area contributed by atoms with Crippen molar-refractivity contribution in [3.63, 3.8) is 0 Å². The van der Waals surface area contributed by atoms with Gasteiger partial charge in [0.1, 0.15) is 16.8 Å². The van der Waals surface area contributed by atoms with Crippen LogP contribution in [0.15, 0.2) is 24.4 Å². The largest absolute Gasteiger partial charge is 0.318 e. The molecule has 0 radical (unpaired) electrons. The van der Waals surface area contributed by atoms with Crippen LogP contribution in [0.25, 0.3) is 0 Å². The van der Waals surface area contributed by atoms with Gasteiger partial charge in [0.05, 0.1) is 11.9 Å². The van der Waals surface area contributed by atoms with Gasteiger partial charge in [-0.2, -0.15) is 5.26 Å². The zero-order chi connectivity index (χ0) is 12.4. The molecule has 0 bridgehead atoms. The van der Waals surface area contributed by atoms with Crippen LogP contribution >= 0.6 is 22.9 Å². The van der Waals surface area contributed by atoms with E-state index in [0.717, 1.165) is 0 Å². The molecule has 0 fully saturated rings. The highest BCUT2D eigenvalue weighted by molar-refractivity contribution is 7.16. The van der Waals surface area contributed by atoms with Crippen LogP contribution in [0, 0.1) is 17.1 Å². The summed E-state index contributed by atoms with van der Waals surface area (Å²) >= 11 is 7.01. The minimum atomic E-state index is -0.384. The van der Waals surface area contributed by atoms with E-state index in [1.54, 1.807) is 11.9 Å². The highest BCUT2D eigenvalue weighted by atomic mass is 35.5. The number of nitrogens with zero attached hydrogens (tertiary/aromatic N) is 3. The lowest BCUT2D eigenvalue weighted by Crippen LogP contribution is -2.10. The average molecular weight is 268 g/mol. The Labute approximate surface area is 107 Å². The molecule has 6 heteroatoms. The number of rotatable bonds is 2. The third-order valence-electron chi connectivity index (χ3n) is 2.16. The van der Waals surface area contributed by atoms with Gasteiger partial charge in [-0.05, 0) is 18.2 Å². The van der Waals surface area contributed by atoms with E-state index in [2.05, 4.69) is 4.98 Å². The van der Waals surface area contributed by atoms with Crippen LogP contribution in [0.3, 0.4) is 0 Å². The van der Waals surface area contributed by atoms with Crippen LogP contribution in [0.5, 0.6) is 0 Å². The molecular weight excluding hydrogens is 261 g/mol. The average Bonchev–Trinajstić information content (AvgIpc) is 2.80. The van der Waals surface area contributed by atoms with Crippen LogP contribution < -0.4 is 4.90 Å². The van der Waals surface area contributed by atoms with Crippen LogP contribution in [0.2, 0.25) is 5.02 Å². The molecule has 1 aromatic heterocycles. The fraction of sp³-hybridized carbons (Fsp3) is 0.0909. The summed E-state index contributed by atoms with van der Waals surface area (Å²) in [6.45, 7) is 0. The molecule has 0 aliphatic heterocycles. The molecule has 0 aliphatic rings. The fourth-order valence-electron chi connectivity index (χ4n) is 1.32. The highest BCUT2D eigenvalue weighted by Gasteiger charge is 2.13. The molecule has 1 aromatic carbocycles. The van der Waals surface area contributed by atoms with E-state index in [0.29, 0.717) is 20.7 Å². The van der Waals surface area contributed by atoms with Crippen molar-refractivity contribution in [2.75, 3.05) is 11.9 Å². The number of hydrogen-bond donors (Lipinski definition) is 0. The summed E-state index contributed by atoms with van der Waals surface area (Å²) < 4.78 is 13.6. The number of hydrogen-bond acceptors (Lipinski definition) is 4. The molecule has 0 saturated heterocycles. The van der Waals surface area contributed by atoms with Crippen molar-refractivity contribution < 1.29 is 4.39 Å². The summed E-state index contributed by atoms with van der Waals surface area (Å²) in [7, 11) is 1.68. The number of benzene rings is 1. The second-order valence-electron chi connectivity index (χ2n) is 3.27. The summed E-state index contributed by atoms with van der Waals surface area (Å²) in [4.78, 5) is 6.09. The summed E-state index contributed by atoms with van der Waals surface area (Å²) in [5, 5.41) is 9.70. The summed E-state index contributed by atoms with van der Waals surface area (Å²) in [6, 6.07) is 6.29. The zero-order valence-electron chi connectivity index (χ0n) is 8.82. The number of aromatic nitrogens is 1. The first-order chi connectivity index (χ1) is 8.11. The van der Waals surface area contributed by atoms with E-state index in [1.807, 2.05) is 6.07 Å². The SMILES string of the molecule is CN(c1ncc(C#N)s1)c1cc(Cl)ccc1F. The van der Waals surface area contributed by atoms with Gasteiger partial charge in [0, 0.05) is 12.1 Å². The minimum absolute atomic E-state index is 0.330. The van der Waals surface area contributed by atoms with Gasteiger partial charge in [0.2, 0.25) is 0 Å². The monoisotopic (exact) mass is 267 g/mol. The third kappa shape index (κ3) is 2.38. The Morgan fingerprint density at radius 2 is 2.29 bits per heavy atom. The molecule has 86 valence electrons. The van der Waals surface area contributed by atoms with Crippen molar-refractivity contribution in [1.82, 2.24) is 4.98 Å². The second kappa shape index (κ2) is 4.70. The van der Waals surface area contributed by atoms with E-state index in [4.69, 9.17) is 16.9 Å². The summed E-state index contributed by atoms with van der Waals surface area (Å²) in [5.41, 5.74) is 0.330. The lowest BCUT2D eigenvalue weighted by Gasteiger charge is -2.16. The number of halogens is 2. The molecule has 2 rings (SSSR count). The Morgan fingerprint density at radius 1 is 1.53 bits per heavy atom. The maximum atomic E-state index is 13.6. The van der Waals surface area contributed by atoms with Gasteiger partial charge in [0.15, 0.2) is 5.13 Å². The predicted octanol–water partition coefficient (Wildman–Crippen LogP) is 3.58. The van der Waals surface area contributed by atoms with Crippen molar-refractivity contribution in [3.8, 4) is 6.07 Å². The van der Waals surface area contributed by atoms with Crippen LogP contribution in [-0.4, -0.2) is 12.0 Å². The van der Waals surface area contributed by atoms with E-state index in [-0.39, 0.29) is 5.82 Å². The summed E-state index contributed by atoms with van der Waals surface area (Å²) in [5.74, 6) is -0.384. The molecule has 0 unspecified atom stereocenters. The Bertz CT molecular complexity index is 591. The van der Waals surface area contributed by atoms with Crippen molar-refractivity contribution in [2.24, 2.45) is 0 Å². The Hall–Kier alpha value is -1.64. The fourth-order valence-corrected chi connectivity index (χ4v) is 2.17. The molecule has 1 heterocycles. The first kappa shape index (κ1) is 11.8. The lowest BCUT2D eigenvalue weighted by molar-refractivity contribution is 0.627. The molecule has 0 atom stereocenters. The van der Waals surface area contributed by atoms with Crippen molar-refractivity contribution >= 4 is 33.8 Å². The van der Waals surface area contributed by atoms with Gasteiger partial charge < -0.3 is 4.90 Å². The van der Waals surface area contributed by atoms with Crippen molar-refractivity contribution in [1.29, 1.82) is 5.26 Å². The van der Waals surface area contributed by atoms with Crippen LogP contribution in [0.4, 0.5) is 15.2 Å². The molecule has 3 nitrogen and oxygen atoms in total. The number of thiazole rings is 1. The molecule has 0 spiro atoms. The Kier molecular flexibility index (Phi) is 3.27. The third-order valence-corrected chi connectivity index (χ3v) is 3.37. The van der Waals surface area contributed by atoms with Crippen molar-refractivity contribution in [2.45, 2.75) is 0 Å². The van der Waals surface area contributed by atoms with E-state index in [9.17, 15) is 4.39 Å². The van der Waals surface area contributed by atoms with Gasteiger partial charge in [-0.3, -0.25) is 0 Å². The number of nitriles is 1. The second-order valence-corrected chi connectivity index (χ2v) is 4.72. The van der Waals surface area contributed by atoms with Gasteiger partial charge in [-0.25, -0.2) is 9.37 Å². The molecule has 17 heavy (non-hydrogen) atoms. The minimum Gasteiger partial charge on any atom is -0.318 e. The van der Waals surface area contributed by atoms with E-state index < -0.39 is 0 Å². The van der Waals surface area contributed by atoms with Gasteiger partial charge in [0.25, 0.3) is 0 Å². The van der Waals surface area contributed by atoms with E-state index >= 15 is 0 Å². The van der Waals surface area contributed by atoms with Crippen LogP contribution in [0.1, 0.15) is 4.88 Å². The van der Waals surface area contributed by atoms with Gasteiger partial charge >= 0.3 is 0 Å². The van der Waals surface area contributed by atoms with Crippen molar-refractivity contribution in [3.05, 3.63) is 40.1 Å². The molecule has 0 saturated carbocycles. The Morgan fingerprint density at radius 3 is 2.94 bits per heavy atom. The maximum absolute atomic E-state index is 13.6. The topological polar surface area (TPSA) is 39.9 Å². The maximum Gasteiger partial charge on any atom is 0.190 e. The molecule has 2 aromatic rings. The smallest absolute Gasteiger partial charge is 0.190 e. The first-order valence-corrected chi connectivity index (χ1v) is 5.86. The van der Waals surface area contributed by atoms with E-state index in [1.165, 1.54) is 35.7 Å². The standard InChI is InChI=1S/C11H7ClFN3S/c1-16(11-15-6-8(5-14)17-11)10-4-7(12)2-3-9(10)13/h2-4,6H,1H3. The number of anilines is 2. The Balaban J connectivity index is 2.40. The quantitative estimate of drug-likeness (QED) is 0.835. The first-order valence-electron chi connectivity index (χ1n) is 4.66. The zero-order valence-corrected chi connectivity index (χ0v) is 10.4. The lowest BCUT2D eigenvalue weighted by atomic mass is 10.3. The summed E-state index contributed by atoms with van der Waals surface area (Å²) in [6.07, 6.45) is 1.46. The van der Waals surface area contributed by atoms with Gasteiger partial charge in [-0.15, -0.1) is 0 Å². The highest BCUT2D eigenvalue weighted by Crippen LogP contribution is 2.31. The predicted molar refractivity (Wildman–Crippen MR) is 66.3 cm³/mol.